The van der Waals surface area contributed by atoms with Crippen LogP contribution in [0.1, 0.15) is 38.3 Å². The van der Waals surface area contributed by atoms with Crippen LogP contribution in [-0.4, -0.2) is 48.8 Å². The van der Waals surface area contributed by atoms with Gasteiger partial charge in [0.1, 0.15) is 11.5 Å². The number of anilines is 1. The zero-order valence-corrected chi connectivity index (χ0v) is 19.4. The molecule has 0 unspecified atom stereocenters. The summed E-state index contributed by atoms with van der Waals surface area (Å²) < 4.78 is 18.4. The lowest BCUT2D eigenvalue weighted by atomic mass is 9.88. The van der Waals surface area contributed by atoms with E-state index in [4.69, 9.17) is 19.2 Å². The summed E-state index contributed by atoms with van der Waals surface area (Å²) in [5.41, 5.74) is 2.27. The number of rotatable bonds is 8. The van der Waals surface area contributed by atoms with E-state index in [9.17, 15) is 9.59 Å². The Labute approximate surface area is 193 Å². The van der Waals surface area contributed by atoms with Crippen molar-refractivity contribution >= 4 is 28.9 Å². The van der Waals surface area contributed by atoms with Crippen molar-refractivity contribution in [2.24, 2.45) is 5.92 Å². The molecule has 2 heterocycles. The number of aromatic nitrogens is 2. The van der Waals surface area contributed by atoms with Gasteiger partial charge in [0.2, 0.25) is 11.9 Å². The fourth-order valence-electron chi connectivity index (χ4n) is 4.42. The second kappa shape index (κ2) is 9.52. The molecule has 8 nitrogen and oxygen atoms in total. The average molecular weight is 452 g/mol. The van der Waals surface area contributed by atoms with Crippen molar-refractivity contribution in [2.45, 2.75) is 32.7 Å². The molecule has 1 aliphatic heterocycles. The minimum absolute atomic E-state index is 0.182. The van der Waals surface area contributed by atoms with Crippen LogP contribution in [0, 0.1) is 5.92 Å². The van der Waals surface area contributed by atoms with Crippen molar-refractivity contribution in [2.75, 3.05) is 32.3 Å². The first kappa shape index (κ1) is 22.6. The molecule has 0 N–H and O–H groups in total. The Balaban J connectivity index is 2.01. The summed E-state index contributed by atoms with van der Waals surface area (Å²) in [6, 6.07) is 12.4. The minimum Gasteiger partial charge on any atom is -0.497 e. The van der Waals surface area contributed by atoms with Gasteiger partial charge in [0.15, 0.2) is 5.92 Å². The summed E-state index contributed by atoms with van der Waals surface area (Å²) in [6.45, 7) is 4.45. The van der Waals surface area contributed by atoms with Crippen molar-refractivity contribution < 1.29 is 23.8 Å². The van der Waals surface area contributed by atoms with Crippen LogP contribution >= 0.6 is 0 Å². The van der Waals surface area contributed by atoms with Crippen molar-refractivity contribution in [3.63, 3.8) is 0 Å². The van der Waals surface area contributed by atoms with Gasteiger partial charge in [-0.1, -0.05) is 25.5 Å². The Morgan fingerprint density at radius 3 is 2.58 bits per heavy atom. The van der Waals surface area contributed by atoms with Crippen LogP contribution in [0.4, 0.5) is 5.95 Å². The first-order valence-corrected chi connectivity index (χ1v) is 11.2. The maximum atomic E-state index is 13.8. The summed E-state index contributed by atoms with van der Waals surface area (Å²) in [6.07, 6.45) is 1.70. The molecule has 1 amide bonds. The van der Waals surface area contributed by atoms with Gasteiger partial charge in [-0.3, -0.25) is 14.5 Å². The smallest absolute Gasteiger partial charge is 0.321 e. The van der Waals surface area contributed by atoms with Crippen LogP contribution in [0.2, 0.25) is 0 Å². The third-order valence-corrected chi connectivity index (χ3v) is 5.98. The van der Waals surface area contributed by atoms with Gasteiger partial charge in [0.05, 0.1) is 37.9 Å². The number of unbranched alkanes of at least 4 members (excludes halogenated alkanes) is 1. The van der Waals surface area contributed by atoms with Crippen molar-refractivity contribution in [3.8, 4) is 11.5 Å². The topological polar surface area (TPSA) is 82.9 Å². The largest absolute Gasteiger partial charge is 0.497 e. The lowest BCUT2D eigenvalue weighted by Crippen LogP contribution is -2.50. The predicted molar refractivity (Wildman–Crippen MR) is 125 cm³/mol. The Morgan fingerprint density at radius 1 is 1.09 bits per heavy atom. The quantitative estimate of drug-likeness (QED) is 0.381. The Morgan fingerprint density at radius 2 is 1.88 bits per heavy atom. The number of hydrogen-bond donors (Lipinski definition) is 0. The molecule has 2 atom stereocenters. The van der Waals surface area contributed by atoms with Crippen molar-refractivity contribution in [1.29, 1.82) is 0 Å². The molecule has 1 aromatic heterocycles. The molecular formula is C25H29N3O5. The number of benzene rings is 2. The Bertz CT molecular complexity index is 1170. The Kier molecular flexibility index (Phi) is 6.53. The molecule has 4 rings (SSSR count). The average Bonchev–Trinajstić information content (AvgIpc) is 3.21. The highest BCUT2D eigenvalue weighted by molar-refractivity contribution is 6.08. The molecule has 0 aliphatic carbocycles. The number of amides is 1. The minimum atomic E-state index is -1.07. The number of hydrogen-bond acceptors (Lipinski definition) is 6. The van der Waals surface area contributed by atoms with E-state index in [1.54, 1.807) is 38.2 Å². The number of methoxy groups -OCH3 is 2. The standard InChI is InChI=1S/C25H29N3O5/c1-5-7-14-27-23(29)21(24(30)33-6-2)22(17-13-12-16(31-3)15-20(17)32-4)28-19-11-9-8-10-18(19)26-25(27)28/h8-13,15,21-22H,5-7,14H2,1-4H3/t21-,22+/m0/s1. The molecule has 1 aliphatic rings. The molecular weight excluding hydrogens is 422 g/mol. The highest BCUT2D eigenvalue weighted by Crippen LogP contribution is 2.44. The van der Waals surface area contributed by atoms with Crippen molar-refractivity contribution in [1.82, 2.24) is 9.55 Å². The number of fused-ring (bicyclic) bond motifs is 3. The maximum Gasteiger partial charge on any atom is 0.321 e. The van der Waals surface area contributed by atoms with E-state index in [2.05, 4.69) is 6.92 Å². The lowest BCUT2D eigenvalue weighted by molar-refractivity contribution is -0.153. The lowest BCUT2D eigenvalue weighted by Gasteiger charge is -2.38. The predicted octanol–water partition coefficient (Wildman–Crippen LogP) is 3.97. The second-order valence-electron chi connectivity index (χ2n) is 7.90. The molecule has 8 heteroatoms. The first-order valence-electron chi connectivity index (χ1n) is 11.2. The van der Waals surface area contributed by atoms with Gasteiger partial charge in [-0.2, -0.15) is 0 Å². The van der Waals surface area contributed by atoms with E-state index in [0.717, 1.165) is 23.9 Å². The SMILES string of the molecule is CCCCN1C(=O)[C@@H](C(=O)OCC)[C@@H](c2ccc(OC)cc2OC)n2c1nc1ccccc12. The summed E-state index contributed by atoms with van der Waals surface area (Å²) >= 11 is 0. The van der Waals surface area contributed by atoms with Crippen LogP contribution in [0.25, 0.3) is 11.0 Å². The highest BCUT2D eigenvalue weighted by atomic mass is 16.5. The van der Waals surface area contributed by atoms with Gasteiger partial charge in [-0.05, 0) is 37.6 Å². The fraction of sp³-hybridized carbons (Fsp3) is 0.400. The van der Waals surface area contributed by atoms with Crippen LogP contribution in [-0.2, 0) is 14.3 Å². The molecule has 0 fully saturated rings. The molecule has 3 aromatic rings. The number of carbonyl (C=O) groups is 2. The number of imidazole rings is 1. The molecule has 174 valence electrons. The first-order chi connectivity index (χ1) is 16.0. The van der Waals surface area contributed by atoms with Gasteiger partial charge in [-0.15, -0.1) is 0 Å². The van der Waals surface area contributed by atoms with E-state index in [-0.39, 0.29) is 12.5 Å². The fourth-order valence-corrected chi connectivity index (χ4v) is 4.42. The van der Waals surface area contributed by atoms with Gasteiger partial charge >= 0.3 is 5.97 Å². The normalized spacial score (nSPS) is 17.7. The molecule has 0 radical (unpaired) electrons. The number of esters is 1. The van der Waals surface area contributed by atoms with Crippen LogP contribution in [0.15, 0.2) is 42.5 Å². The monoisotopic (exact) mass is 451 g/mol. The van der Waals surface area contributed by atoms with E-state index >= 15 is 0 Å². The highest BCUT2D eigenvalue weighted by Gasteiger charge is 2.48. The van der Waals surface area contributed by atoms with Crippen LogP contribution in [0.3, 0.4) is 0 Å². The second-order valence-corrected chi connectivity index (χ2v) is 7.90. The summed E-state index contributed by atoms with van der Waals surface area (Å²) in [5.74, 6) is -0.284. The van der Waals surface area contributed by atoms with Crippen LogP contribution in [0.5, 0.6) is 11.5 Å². The molecule has 0 spiro atoms. The number of carbonyl (C=O) groups excluding carboxylic acids is 2. The zero-order valence-electron chi connectivity index (χ0n) is 19.4. The summed E-state index contributed by atoms with van der Waals surface area (Å²) in [5, 5.41) is 0. The maximum absolute atomic E-state index is 13.8. The van der Waals surface area contributed by atoms with Gasteiger partial charge in [0, 0.05) is 18.2 Å². The molecule has 0 saturated heterocycles. The van der Waals surface area contributed by atoms with Crippen LogP contribution < -0.4 is 14.4 Å². The molecule has 33 heavy (non-hydrogen) atoms. The number of para-hydroxylation sites is 2. The Hall–Kier alpha value is -3.55. The van der Waals surface area contributed by atoms with E-state index < -0.39 is 17.9 Å². The van der Waals surface area contributed by atoms with Gasteiger partial charge < -0.3 is 18.8 Å². The van der Waals surface area contributed by atoms with Gasteiger partial charge in [0.25, 0.3) is 0 Å². The summed E-state index contributed by atoms with van der Waals surface area (Å²) in [4.78, 5) is 33.4. The number of ether oxygens (including phenoxy) is 3. The van der Waals surface area contributed by atoms with E-state index in [0.29, 0.717) is 29.6 Å². The molecule has 0 bridgehead atoms. The zero-order chi connectivity index (χ0) is 23.5. The molecule has 2 aromatic carbocycles. The van der Waals surface area contributed by atoms with E-state index in [1.165, 1.54) is 0 Å². The van der Waals surface area contributed by atoms with Crippen molar-refractivity contribution in [3.05, 3.63) is 48.0 Å². The third-order valence-electron chi connectivity index (χ3n) is 5.98. The third kappa shape index (κ3) is 3.90. The molecule has 0 saturated carbocycles. The summed E-state index contributed by atoms with van der Waals surface area (Å²) in [7, 11) is 3.13. The van der Waals surface area contributed by atoms with Gasteiger partial charge in [-0.25, -0.2) is 4.98 Å². The number of nitrogens with zero attached hydrogens (tertiary/aromatic N) is 3. The van der Waals surface area contributed by atoms with E-state index in [1.807, 2.05) is 34.9 Å².